The van der Waals surface area contributed by atoms with Crippen molar-refractivity contribution in [2.45, 2.75) is 31.8 Å². The molecule has 2 N–H and O–H groups in total. The number of piperidine rings is 1. The summed E-state index contributed by atoms with van der Waals surface area (Å²) in [6.45, 7) is 3.93. The molecule has 4 heteroatoms. The molecule has 4 nitrogen and oxygen atoms in total. The summed E-state index contributed by atoms with van der Waals surface area (Å²) in [6, 6.07) is 18.8. The Morgan fingerprint density at radius 3 is 2.46 bits per heavy atom. The zero-order valence-corrected chi connectivity index (χ0v) is 15.6. The number of benzene rings is 2. The molecule has 1 aliphatic rings. The van der Waals surface area contributed by atoms with Crippen LogP contribution < -0.4 is 10.6 Å². The standard InChI is InChI=1S/C22H29N3O/c1-23-14-11-19-9-5-6-10-21(19)22(26)24-20-12-15-25(16-13-20)17-18-7-3-2-4-8-18/h2-10,20,23H,11-17H2,1H3,(H,24,26). The zero-order chi connectivity index (χ0) is 18.2. The van der Waals surface area contributed by atoms with E-state index in [4.69, 9.17) is 0 Å². The Kier molecular flexibility index (Phi) is 6.81. The van der Waals surface area contributed by atoms with E-state index < -0.39 is 0 Å². The van der Waals surface area contributed by atoms with E-state index in [1.165, 1.54) is 5.56 Å². The molecule has 0 unspecified atom stereocenters. The summed E-state index contributed by atoms with van der Waals surface area (Å²) in [5.41, 5.74) is 3.28. The number of nitrogens with one attached hydrogen (secondary N) is 2. The van der Waals surface area contributed by atoms with Gasteiger partial charge in [-0.1, -0.05) is 48.5 Å². The molecular weight excluding hydrogens is 322 g/mol. The topological polar surface area (TPSA) is 44.4 Å². The van der Waals surface area contributed by atoms with Gasteiger partial charge in [0.2, 0.25) is 0 Å². The highest BCUT2D eigenvalue weighted by atomic mass is 16.1. The number of likely N-dealkylation sites (tertiary alicyclic amines) is 1. The Hall–Kier alpha value is -2.17. The Labute approximate surface area is 156 Å². The number of carbonyl (C=O) groups is 1. The van der Waals surface area contributed by atoms with Crippen molar-refractivity contribution in [1.82, 2.24) is 15.5 Å². The molecule has 138 valence electrons. The molecule has 2 aromatic rings. The molecule has 1 aliphatic heterocycles. The van der Waals surface area contributed by atoms with Crippen LogP contribution in [0.1, 0.15) is 34.3 Å². The Morgan fingerprint density at radius 2 is 1.73 bits per heavy atom. The van der Waals surface area contributed by atoms with Crippen LogP contribution in [0.2, 0.25) is 0 Å². The summed E-state index contributed by atoms with van der Waals surface area (Å²) < 4.78 is 0. The van der Waals surface area contributed by atoms with Gasteiger partial charge in [-0.15, -0.1) is 0 Å². The van der Waals surface area contributed by atoms with Crippen LogP contribution in [-0.2, 0) is 13.0 Å². The highest BCUT2D eigenvalue weighted by Crippen LogP contribution is 2.15. The second-order valence-corrected chi connectivity index (χ2v) is 7.02. The highest BCUT2D eigenvalue weighted by Gasteiger charge is 2.22. The van der Waals surface area contributed by atoms with E-state index in [1.54, 1.807) is 0 Å². The van der Waals surface area contributed by atoms with Gasteiger partial charge in [-0.05, 0) is 50.0 Å². The van der Waals surface area contributed by atoms with Gasteiger partial charge in [0.05, 0.1) is 0 Å². The second-order valence-electron chi connectivity index (χ2n) is 7.02. The average molecular weight is 351 g/mol. The molecule has 1 saturated heterocycles. The van der Waals surface area contributed by atoms with Crippen molar-refractivity contribution >= 4 is 5.91 Å². The van der Waals surface area contributed by atoms with Crippen LogP contribution in [0.3, 0.4) is 0 Å². The first-order chi connectivity index (χ1) is 12.8. The summed E-state index contributed by atoms with van der Waals surface area (Å²) in [5.74, 6) is 0.0678. The monoisotopic (exact) mass is 351 g/mol. The lowest BCUT2D eigenvalue weighted by Gasteiger charge is -2.32. The van der Waals surface area contributed by atoms with Gasteiger partial charge in [0.25, 0.3) is 5.91 Å². The Balaban J connectivity index is 1.51. The van der Waals surface area contributed by atoms with Crippen LogP contribution in [0.25, 0.3) is 0 Å². The Morgan fingerprint density at radius 1 is 1.04 bits per heavy atom. The molecule has 1 amide bonds. The van der Waals surface area contributed by atoms with E-state index in [0.717, 1.165) is 56.6 Å². The molecular formula is C22H29N3O. The van der Waals surface area contributed by atoms with Gasteiger partial charge in [-0.2, -0.15) is 0 Å². The number of hydrogen-bond acceptors (Lipinski definition) is 3. The predicted octanol–water partition coefficient (Wildman–Crippen LogP) is 2.84. The smallest absolute Gasteiger partial charge is 0.251 e. The summed E-state index contributed by atoms with van der Waals surface area (Å²) >= 11 is 0. The normalized spacial score (nSPS) is 15.7. The molecule has 2 aromatic carbocycles. The minimum Gasteiger partial charge on any atom is -0.349 e. The van der Waals surface area contributed by atoms with Gasteiger partial charge in [0, 0.05) is 31.2 Å². The maximum Gasteiger partial charge on any atom is 0.251 e. The third-order valence-electron chi connectivity index (χ3n) is 5.08. The Bertz CT molecular complexity index is 694. The van der Waals surface area contributed by atoms with Crippen molar-refractivity contribution in [1.29, 1.82) is 0 Å². The summed E-state index contributed by atoms with van der Waals surface area (Å²) in [6.07, 6.45) is 2.89. The van der Waals surface area contributed by atoms with E-state index in [0.29, 0.717) is 0 Å². The number of nitrogens with zero attached hydrogens (tertiary/aromatic N) is 1. The first kappa shape index (κ1) is 18.6. The van der Waals surface area contributed by atoms with Crippen molar-refractivity contribution in [3.8, 4) is 0 Å². The van der Waals surface area contributed by atoms with Crippen LogP contribution in [0.4, 0.5) is 0 Å². The maximum absolute atomic E-state index is 12.7. The van der Waals surface area contributed by atoms with Crippen molar-refractivity contribution < 1.29 is 4.79 Å². The highest BCUT2D eigenvalue weighted by molar-refractivity contribution is 5.95. The molecule has 0 spiro atoms. The second kappa shape index (κ2) is 9.51. The number of amides is 1. The third kappa shape index (κ3) is 5.16. The molecule has 26 heavy (non-hydrogen) atoms. The van der Waals surface area contributed by atoms with Crippen molar-refractivity contribution in [2.24, 2.45) is 0 Å². The van der Waals surface area contributed by atoms with Crippen LogP contribution >= 0.6 is 0 Å². The molecule has 0 aliphatic carbocycles. The minimum atomic E-state index is 0.0678. The lowest BCUT2D eigenvalue weighted by molar-refractivity contribution is 0.0908. The fraction of sp³-hybridized carbons (Fsp3) is 0.409. The van der Waals surface area contributed by atoms with Gasteiger partial charge in [-0.25, -0.2) is 0 Å². The third-order valence-corrected chi connectivity index (χ3v) is 5.08. The lowest BCUT2D eigenvalue weighted by Crippen LogP contribution is -2.44. The fourth-order valence-electron chi connectivity index (χ4n) is 3.56. The van der Waals surface area contributed by atoms with Crippen molar-refractivity contribution in [3.05, 3.63) is 71.3 Å². The van der Waals surface area contributed by atoms with Gasteiger partial charge in [0.1, 0.15) is 0 Å². The van der Waals surface area contributed by atoms with Crippen molar-refractivity contribution in [3.63, 3.8) is 0 Å². The number of carbonyl (C=O) groups excluding carboxylic acids is 1. The number of hydrogen-bond donors (Lipinski definition) is 2. The molecule has 3 rings (SSSR count). The average Bonchev–Trinajstić information content (AvgIpc) is 2.69. The van der Waals surface area contributed by atoms with Crippen LogP contribution in [-0.4, -0.2) is 43.5 Å². The SMILES string of the molecule is CNCCc1ccccc1C(=O)NC1CCN(Cc2ccccc2)CC1. The molecule has 0 aromatic heterocycles. The molecule has 1 heterocycles. The van der Waals surface area contributed by atoms with Crippen LogP contribution in [0.5, 0.6) is 0 Å². The number of likely N-dealkylation sites (N-methyl/N-ethyl adjacent to an activating group) is 1. The summed E-state index contributed by atoms with van der Waals surface area (Å²) in [5, 5.41) is 6.40. The van der Waals surface area contributed by atoms with Crippen LogP contribution in [0.15, 0.2) is 54.6 Å². The van der Waals surface area contributed by atoms with E-state index in [2.05, 4.69) is 51.9 Å². The molecule has 0 saturated carbocycles. The quantitative estimate of drug-likeness (QED) is 0.806. The van der Waals surface area contributed by atoms with E-state index >= 15 is 0 Å². The lowest BCUT2D eigenvalue weighted by atomic mass is 10.0. The molecule has 0 atom stereocenters. The van der Waals surface area contributed by atoms with E-state index in [-0.39, 0.29) is 11.9 Å². The van der Waals surface area contributed by atoms with Gasteiger partial charge >= 0.3 is 0 Å². The summed E-state index contributed by atoms with van der Waals surface area (Å²) in [7, 11) is 1.94. The zero-order valence-electron chi connectivity index (χ0n) is 15.6. The van der Waals surface area contributed by atoms with Gasteiger partial charge < -0.3 is 10.6 Å². The van der Waals surface area contributed by atoms with Gasteiger partial charge in [-0.3, -0.25) is 9.69 Å². The van der Waals surface area contributed by atoms with E-state index in [9.17, 15) is 4.79 Å². The number of rotatable bonds is 7. The molecule has 0 radical (unpaired) electrons. The minimum absolute atomic E-state index is 0.0678. The predicted molar refractivity (Wildman–Crippen MR) is 106 cm³/mol. The maximum atomic E-state index is 12.7. The van der Waals surface area contributed by atoms with Gasteiger partial charge in [0.15, 0.2) is 0 Å². The first-order valence-corrected chi connectivity index (χ1v) is 9.56. The first-order valence-electron chi connectivity index (χ1n) is 9.56. The fourth-order valence-corrected chi connectivity index (χ4v) is 3.56. The summed E-state index contributed by atoms with van der Waals surface area (Å²) in [4.78, 5) is 15.2. The van der Waals surface area contributed by atoms with E-state index in [1.807, 2.05) is 25.2 Å². The molecule has 1 fully saturated rings. The van der Waals surface area contributed by atoms with Crippen molar-refractivity contribution in [2.75, 3.05) is 26.7 Å². The molecule has 0 bridgehead atoms. The largest absolute Gasteiger partial charge is 0.349 e. The van der Waals surface area contributed by atoms with Crippen LogP contribution in [0, 0.1) is 0 Å².